The quantitative estimate of drug-likeness (QED) is 0.798. The lowest BCUT2D eigenvalue weighted by atomic mass is 10.0. The van der Waals surface area contributed by atoms with E-state index in [-0.39, 0.29) is 0 Å². The predicted octanol–water partition coefficient (Wildman–Crippen LogP) is 2.80. The van der Waals surface area contributed by atoms with E-state index in [2.05, 4.69) is 36.0 Å². The van der Waals surface area contributed by atoms with Gasteiger partial charge in [0.25, 0.3) is 0 Å². The van der Waals surface area contributed by atoms with Gasteiger partial charge in [0.2, 0.25) is 0 Å². The normalized spacial score (nSPS) is 22.1. The average Bonchev–Trinajstić information content (AvgIpc) is 2.70. The van der Waals surface area contributed by atoms with E-state index in [9.17, 15) is 0 Å². The molecule has 1 aromatic heterocycles. The van der Waals surface area contributed by atoms with Gasteiger partial charge in [-0.15, -0.1) is 0 Å². The minimum atomic E-state index is 0.450. The number of hydrogen-bond acceptors (Lipinski definition) is 1. The molecule has 2 rings (SSSR count). The van der Waals surface area contributed by atoms with Gasteiger partial charge in [0.05, 0.1) is 0 Å². The van der Waals surface area contributed by atoms with Gasteiger partial charge in [0.1, 0.15) is 5.15 Å². The molecule has 0 amide bonds. The Morgan fingerprint density at radius 1 is 1.57 bits per heavy atom. The molecule has 1 saturated heterocycles. The molecule has 1 aliphatic heterocycles. The summed E-state index contributed by atoms with van der Waals surface area (Å²) in [5.41, 5.74) is 1.38. The first-order valence-electron chi connectivity index (χ1n) is 5.26. The molecule has 0 aromatic carbocycles. The molecule has 1 aliphatic rings. The first-order chi connectivity index (χ1) is 6.68. The van der Waals surface area contributed by atoms with Crippen LogP contribution in [0, 0.1) is 0 Å². The second kappa shape index (κ2) is 3.95. The highest BCUT2D eigenvalue weighted by Gasteiger charge is 2.19. The monoisotopic (exact) mass is 212 g/mol. The smallest absolute Gasteiger partial charge is 0.109 e. The minimum absolute atomic E-state index is 0.450. The highest BCUT2D eigenvalue weighted by Crippen LogP contribution is 2.28. The lowest BCUT2D eigenvalue weighted by Crippen LogP contribution is -2.07. The summed E-state index contributed by atoms with van der Waals surface area (Å²) in [5, 5.41) is 4.24. The molecule has 0 radical (unpaired) electrons. The Morgan fingerprint density at radius 3 is 2.86 bits per heavy atom. The highest BCUT2D eigenvalue weighted by atomic mass is 35.5. The molecule has 14 heavy (non-hydrogen) atoms. The Labute approximate surface area is 90.3 Å². The van der Waals surface area contributed by atoms with Gasteiger partial charge in [-0.2, -0.15) is 0 Å². The Balaban J connectivity index is 2.22. The third kappa shape index (κ3) is 1.82. The maximum atomic E-state index is 6.16. The van der Waals surface area contributed by atoms with Gasteiger partial charge in [-0.05, 0) is 44.4 Å². The third-order valence-corrected chi connectivity index (χ3v) is 3.21. The molecule has 1 atom stereocenters. The zero-order valence-electron chi connectivity index (χ0n) is 8.76. The summed E-state index contributed by atoms with van der Waals surface area (Å²) in [4.78, 5) is 0. The van der Waals surface area contributed by atoms with E-state index in [1.54, 1.807) is 0 Å². The molecular weight excluding hydrogens is 196 g/mol. The van der Waals surface area contributed by atoms with Crippen molar-refractivity contribution in [1.29, 1.82) is 0 Å². The second-order valence-corrected chi connectivity index (χ2v) is 4.67. The first kappa shape index (κ1) is 10.1. The van der Waals surface area contributed by atoms with E-state index >= 15 is 0 Å². The molecule has 1 fully saturated rings. The van der Waals surface area contributed by atoms with Gasteiger partial charge < -0.3 is 9.88 Å². The summed E-state index contributed by atoms with van der Waals surface area (Å²) >= 11 is 6.16. The molecule has 78 valence electrons. The Bertz CT molecular complexity index is 311. The van der Waals surface area contributed by atoms with E-state index in [4.69, 9.17) is 11.6 Å². The van der Waals surface area contributed by atoms with Gasteiger partial charge >= 0.3 is 0 Å². The van der Waals surface area contributed by atoms with Crippen LogP contribution in [0.3, 0.4) is 0 Å². The molecule has 0 spiro atoms. The molecular formula is C11H17ClN2. The van der Waals surface area contributed by atoms with Crippen molar-refractivity contribution in [3.63, 3.8) is 0 Å². The van der Waals surface area contributed by atoms with E-state index in [1.165, 1.54) is 12.0 Å². The number of nitrogens with zero attached hydrogens (tertiary/aromatic N) is 1. The molecule has 1 N–H and O–H groups in total. The first-order valence-corrected chi connectivity index (χ1v) is 5.64. The van der Waals surface area contributed by atoms with Crippen molar-refractivity contribution in [1.82, 2.24) is 9.88 Å². The highest BCUT2D eigenvalue weighted by molar-refractivity contribution is 6.29. The lowest BCUT2D eigenvalue weighted by Gasteiger charge is -2.08. The number of hydrogen-bond donors (Lipinski definition) is 1. The number of rotatable bonds is 2. The lowest BCUT2D eigenvalue weighted by molar-refractivity contribution is 0.600. The van der Waals surface area contributed by atoms with Crippen LogP contribution in [0.4, 0.5) is 0 Å². The van der Waals surface area contributed by atoms with E-state index in [1.807, 2.05) is 0 Å². The Morgan fingerprint density at radius 2 is 2.36 bits per heavy atom. The topological polar surface area (TPSA) is 17.0 Å². The SMILES string of the molecule is CC(C)n1cc(C2CCNC2)cc1Cl. The van der Waals surface area contributed by atoms with Crippen LogP contribution < -0.4 is 5.32 Å². The molecule has 2 heterocycles. The fraction of sp³-hybridized carbons (Fsp3) is 0.636. The average molecular weight is 213 g/mol. The largest absolute Gasteiger partial charge is 0.336 e. The van der Waals surface area contributed by atoms with Crippen LogP contribution in [0.15, 0.2) is 12.3 Å². The third-order valence-electron chi connectivity index (χ3n) is 2.91. The maximum Gasteiger partial charge on any atom is 0.109 e. The van der Waals surface area contributed by atoms with Crippen LogP contribution in [-0.2, 0) is 0 Å². The summed E-state index contributed by atoms with van der Waals surface area (Å²) in [7, 11) is 0. The van der Waals surface area contributed by atoms with E-state index < -0.39 is 0 Å². The summed E-state index contributed by atoms with van der Waals surface area (Å²) in [5.74, 6) is 0.660. The van der Waals surface area contributed by atoms with Gasteiger partial charge in [0, 0.05) is 18.8 Å². The van der Waals surface area contributed by atoms with E-state index in [0.717, 1.165) is 18.2 Å². The standard InChI is InChI=1S/C11H17ClN2/c1-8(2)14-7-10(5-11(14)12)9-3-4-13-6-9/h5,7-9,13H,3-4,6H2,1-2H3. The fourth-order valence-electron chi connectivity index (χ4n) is 2.03. The van der Waals surface area contributed by atoms with Gasteiger partial charge in [0.15, 0.2) is 0 Å². The Hall–Kier alpha value is -0.470. The van der Waals surface area contributed by atoms with Crippen molar-refractivity contribution >= 4 is 11.6 Å². The van der Waals surface area contributed by atoms with Crippen molar-refractivity contribution in [2.75, 3.05) is 13.1 Å². The minimum Gasteiger partial charge on any atom is -0.336 e. The number of nitrogens with one attached hydrogen (secondary N) is 1. The van der Waals surface area contributed by atoms with Crippen LogP contribution in [0.25, 0.3) is 0 Å². The molecule has 3 heteroatoms. The van der Waals surface area contributed by atoms with E-state index in [0.29, 0.717) is 12.0 Å². The van der Waals surface area contributed by atoms with Gasteiger partial charge in [-0.25, -0.2) is 0 Å². The van der Waals surface area contributed by atoms with Crippen LogP contribution in [0.1, 0.15) is 37.8 Å². The zero-order valence-corrected chi connectivity index (χ0v) is 9.51. The summed E-state index contributed by atoms with van der Waals surface area (Å²) in [6.45, 7) is 6.54. The van der Waals surface area contributed by atoms with Crippen molar-refractivity contribution in [3.05, 3.63) is 23.0 Å². The Kier molecular flexibility index (Phi) is 2.84. The summed E-state index contributed by atoms with van der Waals surface area (Å²) in [6, 6.07) is 2.56. The zero-order chi connectivity index (χ0) is 10.1. The fourth-order valence-corrected chi connectivity index (χ4v) is 2.40. The summed E-state index contributed by atoms with van der Waals surface area (Å²) < 4.78 is 2.13. The van der Waals surface area contributed by atoms with Gasteiger partial charge in [-0.1, -0.05) is 11.6 Å². The van der Waals surface area contributed by atoms with Crippen LogP contribution >= 0.6 is 11.6 Å². The van der Waals surface area contributed by atoms with Crippen molar-refractivity contribution in [2.45, 2.75) is 32.2 Å². The van der Waals surface area contributed by atoms with Crippen LogP contribution in [0.5, 0.6) is 0 Å². The molecule has 1 aromatic rings. The molecule has 0 bridgehead atoms. The molecule has 2 nitrogen and oxygen atoms in total. The molecule has 1 unspecified atom stereocenters. The van der Waals surface area contributed by atoms with Crippen LogP contribution in [0.2, 0.25) is 5.15 Å². The maximum absolute atomic E-state index is 6.16. The summed E-state index contributed by atoms with van der Waals surface area (Å²) in [6.07, 6.45) is 3.43. The number of halogens is 1. The van der Waals surface area contributed by atoms with Crippen molar-refractivity contribution in [2.24, 2.45) is 0 Å². The van der Waals surface area contributed by atoms with Crippen LogP contribution in [-0.4, -0.2) is 17.7 Å². The number of aromatic nitrogens is 1. The predicted molar refractivity (Wildman–Crippen MR) is 60.1 cm³/mol. The molecule has 0 aliphatic carbocycles. The van der Waals surface area contributed by atoms with Crippen molar-refractivity contribution in [3.8, 4) is 0 Å². The van der Waals surface area contributed by atoms with Gasteiger partial charge in [-0.3, -0.25) is 0 Å². The molecule has 0 saturated carbocycles. The van der Waals surface area contributed by atoms with Crippen molar-refractivity contribution < 1.29 is 0 Å². The second-order valence-electron chi connectivity index (χ2n) is 4.29.